The van der Waals surface area contributed by atoms with E-state index < -0.39 is 4.92 Å². The first-order chi connectivity index (χ1) is 9.83. The van der Waals surface area contributed by atoms with Crippen molar-refractivity contribution in [3.05, 3.63) is 28.3 Å². The summed E-state index contributed by atoms with van der Waals surface area (Å²) in [6, 6.07) is 4.01. The quantitative estimate of drug-likeness (QED) is 0.529. The van der Waals surface area contributed by atoms with Crippen LogP contribution in [0.25, 0.3) is 0 Å². The second-order valence-electron chi connectivity index (χ2n) is 5.32. The molecule has 0 aliphatic rings. The molecule has 1 rings (SSSR count). The first-order valence-corrected chi connectivity index (χ1v) is 6.77. The van der Waals surface area contributed by atoms with Gasteiger partial charge in [0.25, 0.3) is 5.69 Å². The average molecular weight is 295 g/mol. The van der Waals surface area contributed by atoms with Gasteiger partial charge in [-0.1, -0.05) is 13.8 Å². The van der Waals surface area contributed by atoms with Crippen molar-refractivity contribution < 1.29 is 14.8 Å². The van der Waals surface area contributed by atoms with Gasteiger partial charge in [-0.2, -0.15) is 0 Å². The lowest BCUT2D eigenvalue weighted by Crippen LogP contribution is -2.26. The number of amides is 1. The second kappa shape index (κ2) is 7.58. The maximum absolute atomic E-state index is 11.2. The van der Waals surface area contributed by atoms with Crippen LogP contribution in [0.15, 0.2) is 18.2 Å². The molecule has 1 atom stereocenters. The van der Waals surface area contributed by atoms with Crippen LogP contribution in [0.2, 0.25) is 0 Å². The summed E-state index contributed by atoms with van der Waals surface area (Å²) in [5, 5.41) is 25.9. The first-order valence-electron chi connectivity index (χ1n) is 6.77. The molecule has 0 aromatic heterocycles. The van der Waals surface area contributed by atoms with Crippen molar-refractivity contribution in [2.45, 2.75) is 33.2 Å². The molecule has 0 saturated heterocycles. The summed E-state index contributed by atoms with van der Waals surface area (Å²) in [4.78, 5) is 21.5. The van der Waals surface area contributed by atoms with E-state index in [9.17, 15) is 20.0 Å². The number of nitro groups is 1. The molecule has 0 spiro atoms. The fourth-order valence-electron chi connectivity index (χ4n) is 2.03. The lowest BCUT2D eigenvalue weighted by Gasteiger charge is -2.21. The van der Waals surface area contributed by atoms with Gasteiger partial charge < -0.3 is 15.7 Å². The Morgan fingerprint density at radius 1 is 1.38 bits per heavy atom. The van der Waals surface area contributed by atoms with E-state index in [1.807, 2.05) is 13.8 Å². The van der Waals surface area contributed by atoms with Gasteiger partial charge in [0, 0.05) is 25.1 Å². The van der Waals surface area contributed by atoms with E-state index in [0.29, 0.717) is 17.3 Å². The minimum absolute atomic E-state index is 0.0608. The van der Waals surface area contributed by atoms with Crippen molar-refractivity contribution in [3.63, 3.8) is 0 Å². The van der Waals surface area contributed by atoms with Gasteiger partial charge in [0.1, 0.15) is 0 Å². The summed E-state index contributed by atoms with van der Waals surface area (Å²) >= 11 is 0. The standard InChI is InChI=1S/C14H21N3O4/c1-9(2)6-11(8-18)16-13-5-4-12(17(20)21)7-14(13)15-10(3)19/h4-5,7,9,11,16,18H,6,8H2,1-3H3,(H,15,19). The topological polar surface area (TPSA) is 104 Å². The summed E-state index contributed by atoms with van der Waals surface area (Å²) in [5.74, 6) is 0.0693. The molecule has 7 nitrogen and oxygen atoms in total. The molecule has 0 saturated carbocycles. The molecule has 3 N–H and O–H groups in total. The maximum Gasteiger partial charge on any atom is 0.271 e. The average Bonchev–Trinajstić information content (AvgIpc) is 2.38. The minimum Gasteiger partial charge on any atom is -0.394 e. The predicted molar refractivity (Wildman–Crippen MR) is 81.4 cm³/mol. The number of nitrogens with one attached hydrogen (secondary N) is 2. The highest BCUT2D eigenvalue weighted by Crippen LogP contribution is 2.28. The molecule has 1 aromatic carbocycles. The van der Waals surface area contributed by atoms with Crippen LogP contribution >= 0.6 is 0 Å². The van der Waals surface area contributed by atoms with E-state index in [1.165, 1.54) is 25.1 Å². The van der Waals surface area contributed by atoms with Crippen LogP contribution in [0.1, 0.15) is 27.2 Å². The van der Waals surface area contributed by atoms with Crippen LogP contribution in [0, 0.1) is 16.0 Å². The summed E-state index contributed by atoms with van der Waals surface area (Å²) < 4.78 is 0. The Morgan fingerprint density at radius 2 is 2.05 bits per heavy atom. The van der Waals surface area contributed by atoms with E-state index in [0.717, 1.165) is 6.42 Å². The molecule has 0 radical (unpaired) electrons. The van der Waals surface area contributed by atoms with E-state index in [1.54, 1.807) is 0 Å². The van der Waals surface area contributed by atoms with E-state index in [4.69, 9.17) is 0 Å². The van der Waals surface area contributed by atoms with E-state index >= 15 is 0 Å². The molecule has 1 aromatic rings. The maximum atomic E-state index is 11.2. The number of aliphatic hydroxyl groups excluding tert-OH is 1. The number of aliphatic hydroxyl groups is 1. The van der Waals surface area contributed by atoms with Gasteiger partial charge in [0.2, 0.25) is 5.91 Å². The number of nitro benzene ring substituents is 1. The third-order valence-electron chi connectivity index (χ3n) is 2.86. The lowest BCUT2D eigenvalue weighted by atomic mass is 10.0. The van der Waals surface area contributed by atoms with Crippen molar-refractivity contribution in [2.75, 3.05) is 17.2 Å². The molecule has 0 aliphatic carbocycles. The van der Waals surface area contributed by atoms with E-state index in [2.05, 4.69) is 10.6 Å². The summed E-state index contributed by atoms with van der Waals surface area (Å²) in [7, 11) is 0. The van der Waals surface area contributed by atoms with Gasteiger partial charge in [-0.3, -0.25) is 14.9 Å². The largest absolute Gasteiger partial charge is 0.394 e. The van der Waals surface area contributed by atoms with Crippen LogP contribution in [0.3, 0.4) is 0 Å². The van der Waals surface area contributed by atoms with Crippen LogP contribution in [-0.2, 0) is 4.79 Å². The number of carbonyl (C=O) groups is 1. The third kappa shape index (κ3) is 5.39. The Kier molecular flexibility index (Phi) is 6.10. The van der Waals surface area contributed by atoms with Crippen molar-refractivity contribution >= 4 is 23.0 Å². The second-order valence-corrected chi connectivity index (χ2v) is 5.32. The first kappa shape index (κ1) is 16.9. The highest BCUT2D eigenvalue weighted by molar-refractivity contribution is 5.93. The Labute approximate surface area is 123 Å². The van der Waals surface area contributed by atoms with Crippen LogP contribution in [0.4, 0.5) is 17.1 Å². The minimum atomic E-state index is -0.521. The summed E-state index contributed by atoms with van der Waals surface area (Å²) in [5.41, 5.74) is 0.781. The normalized spacial score (nSPS) is 12.0. The number of non-ortho nitro benzene ring substituents is 1. The number of anilines is 2. The predicted octanol–water partition coefficient (Wildman–Crippen LogP) is 2.37. The third-order valence-corrected chi connectivity index (χ3v) is 2.86. The van der Waals surface area contributed by atoms with Crippen molar-refractivity contribution in [3.8, 4) is 0 Å². The molecule has 7 heteroatoms. The molecular weight excluding hydrogens is 274 g/mol. The fourth-order valence-corrected chi connectivity index (χ4v) is 2.03. The molecular formula is C14H21N3O4. The highest BCUT2D eigenvalue weighted by atomic mass is 16.6. The lowest BCUT2D eigenvalue weighted by molar-refractivity contribution is -0.384. The van der Waals surface area contributed by atoms with E-state index in [-0.39, 0.29) is 24.2 Å². The Hall–Kier alpha value is -2.15. The van der Waals surface area contributed by atoms with Crippen LogP contribution < -0.4 is 10.6 Å². The number of rotatable bonds is 7. The summed E-state index contributed by atoms with van der Waals surface area (Å²) in [6.07, 6.45) is 0.743. The molecule has 0 heterocycles. The molecule has 21 heavy (non-hydrogen) atoms. The SMILES string of the molecule is CC(=O)Nc1cc([N+](=O)[O-])ccc1NC(CO)CC(C)C. The van der Waals surface area contributed by atoms with Crippen molar-refractivity contribution in [1.82, 2.24) is 0 Å². The zero-order chi connectivity index (χ0) is 16.0. The van der Waals surface area contributed by atoms with Gasteiger partial charge in [-0.05, 0) is 18.4 Å². The van der Waals surface area contributed by atoms with Gasteiger partial charge in [0.15, 0.2) is 0 Å². The van der Waals surface area contributed by atoms with Crippen LogP contribution in [-0.4, -0.2) is 28.6 Å². The van der Waals surface area contributed by atoms with Gasteiger partial charge in [-0.25, -0.2) is 0 Å². The number of benzene rings is 1. The molecule has 1 unspecified atom stereocenters. The number of hydrogen-bond donors (Lipinski definition) is 3. The Morgan fingerprint density at radius 3 is 2.52 bits per heavy atom. The zero-order valence-corrected chi connectivity index (χ0v) is 12.4. The van der Waals surface area contributed by atoms with Crippen LogP contribution in [0.5, 0.6) is 0 Å². The summed E-state index contributed by atoms with van der Waals surface area (Å²) in [6.45, 7) is 5.35. The number of hydrogen-bond acceptors (Lipinski definition) is 5. The Balaban J connectivity index is 3.03. The molecule has 116 valence electrons. The van der Waals surface area contributed by atoms with Crippen molar-refractivity contribution in [1.29, 1.82) is 0 Å². The number of nitrogens with zero attached hydrogens (tertiary/aromatic N) is 1. The Bertz CT molecular complexity index is 517. The zero-order valence-electron chi connectivity index (χ0n) is 12.4. The van der Waals surface area contributed by atoms with Gasteiger partial charge >= 0.3 is 0 Å². The fraction of sp³-hybridized carbons (Fsp3) is 0.500. The molecule has 1 amide bonds. The van der Waals surface area contributed by atoms with Gasteiger partial charge in [0.05, 0.1) is 22.9 Å². The van der Waals surface area contributed by atoms with Gasteiger partial charge in [-0.15, -0.1) is 0 Å². The molecule has 0 fully saturated rings. The smallest absolute Gasteiger partial charge is 0.271 e. The molecule has 0 bridgehead atoms. The molecule has 0 aliphatic heterocycles. The monoisotopic (exact) mass is 295 g/mol. The number of carbonyl (C=O) groups excluding carboxylic acids is 1. The van der Waals surface area contributed by atoms with Crippen molar-refractivity contribution in [2.24, 2.45) is 5.92 Å². The highest BCUT2D eigenvalue weighted by Gasteiger charge is 2.15.